The Bertz CT molecular complexity index is 972. The number of aryl methyl sites for hydroxylation is 1. The first-order chi connectivity index (χ1) is 12.9. The van der Waals surface area contributed by atoms with Gasteiger partial charge in [0, 0.05) is 18.1 Å². The Morgan fingerprint density at radius 3 is 2.81 bits per heavy atom. The van der Waals surface area contributed by atoms with E-state index in [1.165, 1.54) is 4.90 Å². The van der Waals surface area contributed by atoms with Gasteiger partial charge < -0.3 is 10.2 Å². The van der Waals surface area contributed by atoms with Gasteiger partial charge in [0.15, 0.2) is 0 Å². The molecule has 9 heteroatoms. The molecule has 0 fully saturated rings. The summed E-state index contributed by atoms with van der Waals surface area (Å²) in [5.74, 6) is 0.0546. The van der Waals surface area contributed by atoms with Crippen LogP contribution in [0.2, 0.25) is 10.0 Å². The maximum absolute atomic E-state index is 12.9. The Morgan fingerprint density at radius 1 is 1.33 bits per heavy atom. The maximum atomic E-state index is 12.9. The highest BCUT2D eigenvalue weighted by Gasteiger charge is 2.29. The molecule has 2 aromatic rings. The Hall–Kier alpha value is -2.77. The zero-order chi connectivity index (χ0) is 19.6. The lowest BCUT2D eigenvalue weighted by atomic mass is 10.1. The smallest absolute Gasteiger partial charge is 0.259 e. The minimum absolute atomic E-state index is 0.190. The van der Waals surface area contributed by atoms with Gasteiger partial charge in [0.1, 0.15) is 5.70 Å². The molecule has 1 aliphatic heterocycles. The summed E-state index contributed by atoms with van der Waals surface area (Å²) in [6.45, 7) is 3.62. The maximum Gasteiger partial charge on any atom is 0.259 e. The number of nitrogens with one attached hydrogen (secondary N) is 2. The van der Waals surface area contributed by atoms with Crippen molar-refractivity contribution >= 4 is 35.1 Å². The second-order valence-corrected chi connectivity index (χ2v) is 6.65. The summed E-state index contributed by atoms with van der Waals surface area (Å²) in [6.07, 6.45) is 4.89. The lowest BCUT2D eigenvalue weighted by molar-refractivity contribution is 0.0791. The van der Waals surface area contributed by atoms with Gasteiger partial charge in [-0.25, -0.2) is 15.5 Å². The lowest BCUT2D eigenvalue weighted by Gasteiger charge is -2.30. The minimum atomic E-state index is -0.498. The molecular formula is C18H16Cl2N6O. The number of hydrogen-bond acceptors (Lipinski definition) is 6. The second-order valence-electron chi connectivity index (χ2n) is 5.86. The number of rotatable bonds is 4. The van der Waals surface area contributed by atoms with Crippen molar-refractivity contribution < 1.29 is 4.79 Å². The number of aromatic nitrogens is 2. The van der Waals surface area contributed by atoms with Crippen molar-refractivity contribution in [2.45, 2.75) is 19.9 Å². The molecule has 0 bridgehead atoms. The average Bonchev–Trinajstić information content (AvgIpc) is 2.64. The summed E-state index contributed by atoms with van der Waals surface area (Å²) in [5.41, 5.74) is 9.54. The molecule has 0 spiro atoms. The highest BCUT2D eigenvalue weighted by Crippen LogP contribution is 2.30. The minimum Gasteiger partial charge on any atom is -0.322 e. The van der Waals surface area contributed by atoms with Gasteiger partial charge in [-0.3, -0.25) is 4.79 Å². The third-order valence-electron chi connectivity index (χ3n) is 4.07. The van der Waals surface area contributed by atoms with Crippen LogP contribution in [0, 0.1) is 12.5 Å². The van der Waals surface area contributed by atoms with Crippen molar-refractivity contribution in [1.29, 1.82) is 5.53 Å². The quantitative estimate of drug-likeness (QED) is 0.717. The van der Waals surface area contributed by atoms with Gasteiger partial charge >= 0.3 is 0 Å². The molecule has 0 radical (unpaired) electrons. The fraction of sp³-hybridized carbons (Fsp3) is 0.167. The first kappa shape index (κ1) is 19.0. The molecule has 1 unspecified atom stereocenters. The topological polar surface area (TPSA) is 94.3 Å². The molecule has 3 rings (SSSR count). The summed E-state index contributed by atoms with van der Waals surface area (Å²) in [4.78, 5) is 22.8. The van der Waals surface area contributed by atoms with Gasteiger partial charge in [0.2, 0.25) is 5.95 Å². The number of halogens is 2. The fourth-order valence-electron chi connectivity index (χ4n) is 2.67. The van der Waals surface area contributed by atoms with Crippen molar-refractivity contribution in [2.75, 3.05) is 5.32 Å². The van der Waals surface area contributed by atoms with Crippen LogP contribution in [0.1, 0.15) is 23.0 Å². The fourth-order valence-corrected chi connectivity index (χ4v) is 3.05. The van der Waals surface area contributed by atoms with E-state index < -0.39 is 6.04 Å². The molecule has 1 aromatic heterocycles. The molecule has 1 amide bonds. The van der Waals surface area contributed by atoms with E-state index in [1.807, 2.05) is 6.92 Å². The van der Waals surface area contributed by atoms with Crippen LogP contribution in [-0.2, 0) is 0 Å². The van der Waals surface area contributed by atoms with E-state index in [1.54, 1.807) is 49.7 Å². The summed E-state index contributed by atoms with van der Waals surface area (Å²) in [6, 6.07) is 6.16. The predicted octanol–water partition coefficient (Wildman–Crippen LogP) is 4.80. The number of hydrogen-bond donors (Lipinski definition) is 2. The third kappa shape index (κ3) is 3.84. The molecule has 0 saturated carbocycles. The zero-order valence-electron chi connectivity index (χ0n) is 14.6. The van der Waals surface area contributed by atoms with E-state index in [2.05, 4.69) is 20.4 Å². The van der Waals surface area contributed by atoms with E-state index in [0.717, 1.165) is 5.69 Å². The van der Waals surface area contributed by atoms with E-state index >= 15 is 0 Å². The molecule has 0 aliphatic carbocycles. The van der Waals surface area contributed by atoms with E-state index in [0.29, 0.717) is 22.4 Å². The molecule has 138 valence electrons. The SMILES string of the molecule is Cc1ccnc(NC2=C(N=N)C(C)N(C(=O)c3cccc(Cl)c3Cl)C=C2)n1. The second kappa shape index (κ2) is 7.85. The average molecular weight is 403 g/mol. The molecule has 1 aromatic carbocycles. The Balaban J connectivity index is 1.90. The van der Waals surface area contributed by atoms with Crippen LogP contribution >= 0.6 is 23.2 Å². The largest absolute Gasteiger partial charge is 0.322 e. The molecule has 2 N–H and O–H groups in total. The number of amides is 1. The van der Waals surface area contributed by atoms with Crippen LogP contribution in [0.5, 0.6) is 0 Å². The van der Waals surface area contributed by atoms with Crippen molar-refractivity contribution in [1.82, 2.24) is 14.9 Å². The highest BCUT2D eigenvalue weighted by atomic mass is 35.5. The van der Waals surface area contributed by atoms with E-state index in [-0.39, 0.29) is 16.5 Å². The summed E-state index contributed by atoms with van der Waals surface area (Å²) in [7, 11) is 0. The van der Waals surface area contributed by atoms with E-state index in [4.69, 9.17) is 28.7 Å². The Morgan fingerprint density at radius 2 is 2.11 bits per heavy atom. The number of carbonyl (C=O) groups is 1. The van der Waals surface area contributed by atoms with Crippen molar-refractivity contribution in [3.05, 3.63) is 75.4 Å². The van der Waals surface area contributed by atoms with Gasteiger partial charge in [0.25, 0.3) is 5.91 Å². The molecule has 7 nitrogen and oxygen atoms in total. The van der Waals surface area contributed by atoms with Gasteiger partial charge in [0.05, 0.1) is 27.3 Å². The summed E-state index contributed by atoms with van der Waals surface area (Å²) in [5, 5.41) is 7.14. The number of anilines is 1. The molecule has 1 atom stereocenters. The number of benzene rings is 1. The van der Waals surface area contributed by atoms with E-state index in [9.17, 15) is 4.79 Å². The normalized spacial score (nSPS) is 16.4. The van der Waals surface area contributed by atoms with Gasteiger partial charge in [-0.1, -0.05) is 29.3 Å². The summed E-state index contributed by atoms with van der Waals surface area (Å²) < 4.78 is 0. The monoisotopic (exact) mass is 402 g/mol. The van der Waals surface area contributed by atoms with Crippen LogP contribution in [0.3, 0.4) is 0 Å². The summed E-state index contributed by atoms with van der Waals surface area (Å²) >= 11 is 12.2. The van der Waals surface area contributed by atoms with Gasteiger partial charge in [-0.2, -0.15) is 5.11 Å². The molecule has 2 heterocycles. The zero-order valence-corrected chi connectivity index (χ0v) is 16.1. The van der Waals surface area contributed by atoms with Crippen LogP contribution in [0.4, 0.5) is 5.95 Å². The third-order valence-corrected chi connectivity index (χ3v) is 4.89. The highest BCUT2D eigenvalue weighted by molar-refractivity contribution is 6.43. The standard InChI is InChI=1S/C18H16Cl2N6O/c1-10-6-8-22-18(23-10)24-14-7-9-26(11(2)16(14)25-21)17(27)12-4-3-5-13(19)15(12)20/h3-9,11,21H,1-2H3,(H,22,23,24). The van der Waals surface area contributed by atoms with Crippen molar-refractivity contribution in [2.24, 2.45) is 5.11 Å². The van der Waals surface area contributed by atoms with Crippen molar-refractivity contribution in [3.63, 3.8) is 0 Å². The molecule has 0 saturated heterocycles. The lowest BCUT2D eigenvalue weighted by Crippen LogP contribution is -2.38. The van der Waals surface area contributed by atoms with Gasteiger partial charge in [-0.15, -0.1) is 0 Å². The van der Waals surface area contributed by atoms with Crippen LogP contribution in [-0.4, -0.2) is 26.8 Å². The molecular weight excluding hydrogens is 387 g/mol. The number of allylic oxidation sites excluding steroid dienone is 1. The van der Waals surface area contributed by atoms with Crippen molar-refractivity contribution in [3.8, 4) is 0 Å². The Kier molecular flexibility index (Phi) is 5.53. The van der Waals surface area contributed by atoms with Crippen LogP contribution < -0.4 is 5.32 Å². The first-order valence-electron chi connectivity index (χ1n) is 8.05. The predicted molar refractivity (Wildman–Crippen MR) is 104 cm³/mol. The van der Waals surface area contributed by atoms with Crippen LogP contribution in [0.15, 0.2) is 59.2 Å². The Labute approximate surface area is 166 Å². The first-order valence-corrected chi connectivity index (χ1v) is 8.81. The molecule has 27 heavy (non-hydrogen) atoms. The van der Waals surface area contributed by atoms with Crippen LogP contribution in [0.25, 0.3) is 0 Å². The number of nitrogens with zero attached hydrogens (tertiary/aromatic N) is 4. The number of carbonyl (C=O) groups excluding carboxylic acids is 1. The van der Waals surface area contributed by atoms with Gasteiger partial charge in [-0.05, 0) is 38.1 Å². The molecule has 1 aliphatic rings.